The number of hydrogen-bond donors (Lipinski definition) is 1. The lowest BCUT2D eigenvalue weighted by Gasteiger charge is -2.30. The smallest absolute Gasteiger partial charge is 0.242 e. The minimum Gasteiger partial charge on any atom is -0.497 e. The van der Waals surface area contributed by atoms with Crippen LogP contribution in [0.25, 0.3) is 0 Å². The van der Waals surface area contributed by atoms with Crippen molar-refractivity contribution in [2.45, 2.75) is 57.0 Å². The average molecular weight is 475 g/mol. The SMILES string of the molecule is COc1cccc(CN(C(=O)CSCc2cccc(Cl)c2)[C@@H](C)C(=O)NC2CCCC2)c1. The molecule has 0 heterocycles. The molecule has 0 saturated heterocycles. The number of ether oxygens (including phenoxy) is 1. The van der Waals surface area contributed by atoms with E-state index >= 15 is 0 Å². The molecule has 0 aliphatic heterocycles. The Morgan fingerprint density at radius 1 is 1.16 bits per heavy atom. The molecule has 7 heteroatoms. The maximum atomic E-state index is 13.2. The van der Waals surface area contributed by atoms with E-state index in [1.54, 1.807) is 12.0 Å². The topological polar surface area (TPSA) is 58.6 Å². The first kappa shape index (κ1) is 24.5. The van der Waals surface area contributed by atoms with Gasteiger partial charge in [0.1, 0.15) is 11.8 Å². The third-order valence-electron chi connectivity index (χ3n) is 5.74. The molecule has 2 aromatic carbocycles. The van der Waals surface area contributed by atoms with Gasteiger partial charge < -0.3 is 15.0 Å². The highest BCUT2D eigenvalue weighted by Crippen LogP contribution is 2.21. The van der Waals surface area contributed by atoms with Crippen LogP contribution in [-0.4, -0.2) is 41.7 Å². The Morgan fingerprint density at radius 3 is 2.59 bits per heavy atom. The van der Waals surface area contributed by atoms with Gasteiger partial charge in [-0.3, -0.25) is 9.59 Å². The van der Waals surface area contributed by atoms with Crippen molar-refractivity contribution in [3.05, 3.63) is 64.7 Å². The van der Waals surface area contributed by atoms with Gasteiger partial charge in [-0.25, -0.2) is 0 Å². The first-order valence-electron chi connectivity index (χ1n) is 11.0. The molecule has 1 aliphatic rings. The number of hydrogen-bond acceptors (Lipinski definition) is 4. The summed E-state index contributed by atoms with van der Waals surface area (Å²) in [6, 6.07) is 14.9. The number of methoxy groups -OCH3 is 1. The number of benzene rings is 2. The fraction of sp³-hybridized carbons (Fsp3) is 0.440. The van der Waals surface area contributed by atoms with Crippen LogP contribution >= 0.6 is 23.4 Å². The molecule has 0 spiro atoms. The van der Waals surface area contributed by atoms with Crippen molar-refractivity contribution in [1.29, 1.82) is 0 Å². The Labute approximate surface area is 199 Å². The first-order chi connectivity index (χ1) is 15.5. The van der Waals surface area contributed by atoms with Crippen LogP contribution in [0.5, 0.6) is 5.75 Å². The Hall–Kier alpha value is -2.18. The number of thioether (sulfide) groups is 1. The number of carbonyl (C=O) groups excluding carboxylic acids is 2. The predicted octanol–water partition coefficient (Wildman–Crippen LogP) is 5.06. The summed E-state index contributed by atoms with van der Waals surface area (Å²) in [5.74, 6) is 1.55. The number of nitrogens with zero attached hydrogens (tertiary/aromatic N) is 1. The van der Waals surface area contributed by atoms with Gasteiger partial charge in [-0.15, -0.1) is 11.8 Å². The largest absolute Gasteiger partial charge is 0.497 e. The number of carbonyl (C=O) groups is 2. The van der Waals surface area contributed by atoms with Gasteiger partial charge in [0.15, 0.2) is 0 Å². The maximum absolute atomic E-state index is 13.2. The second-order valence-electron chi connectivity index (χ2n) is 8.16. The second-order valence-corrected chi connectivity index (χ2v) is 9.58. The van der Waals surface area contributed by atoms with Crippen molar-refractivity contribution < 1.29 is 14.3 Å². The standard InChI is InChI=1S/C25H31ClN2O3S/c1-18(25(30)27-22-10-3-4-11-22)28(15-19-7-6-12-23(14-19)31-2)24(29)17-32-16-20-8-5-9-21(26)13-20/h5-9,12-14,18,22H,3-4,10-11,15-17H2,1-2H3,(H,27,30)/t18-/m0/s1. The van der Waals surface area contributed by atoms with E-state index in [2.05, 4.69) is 5.32 Å². The molecule has 2 aromatic rings. The van der Waals surface area contributed by atoms with Crippen molar-refractivity contribution in [3.63, 3.8) is 0 Å². The van der Waals surface area contributed by atoms with Gasteiger partial charge in [-0.05, 0) is 55.2 Å². The summed E-state index contributed by atoms with van der Waals surface area (Å²) >= 11 is 7.58. The highest BCUT2D eigenvalue weighted by Gasteiger charge is 2.28. The lowest BCUT2D eigenvalue weighted by Crippen LogP contribution is -2.50. The van der Waals surface area contributed by atoms with Crippen molar-refractivity contribution in [3.8, 4) is 5.75 Å². The molecule has 0 radical (unpaired) electrons. The van der Waals surface area contributed by atoms with Crippen LogP contribution in [0.4, 0.5) is 0 Å². The van der Waals surface area contributed by atoms with Crippen LogP contribution in [0.3, 0.4) is 0 Å². The molecule has 172 valence electrons. The summed E-state index contributed by atoms with van der Waals surface area (Å²) in [5, 5.41) is 3.82. The summed E-state index contributed by atoms with van der Waals surface area (Å²) in [7, 11) is 1.62. The van der Waals surface area contributed by atoms with Crippen molar-refractivity contribution in [2.24, 2.45) is 0 Å². The van der Waals surface area contributed by atoms with Crippen molar-refractivity contribution >= 4 is 35.2 Å². The van der Waals surface area contributed by atoms with E-state index in [-0.39, 0.29) is 23.6 Å². The molecule has 5 nitrogen and oxygen atoms in total. The van der Waals surface area contributed by atoms with Gasteiger partial charge in [0.05, 0.1) is 12.9 Å². The van der Waals surface area contributed by atoms with Crippen LogP contribution < -0.4 is 10.1 Å². The quantitative estimate of drug-likeness (QED) is 0.523. The molecule has 0 unspecified atom stereocenters. The molecular formula is C25H31ClN2O3S. The summed E-state index contributed by atoms with van der Waals surface area (Å²) in [6.45, 7) is 2.16. The zero-order valence-electron chi connectivity index (χ0n) is 18.7. The Bertz CT molecular complexity index is 918. The van der Waals surface area contributed by atoms with Crippen molar-refractivity contribution in [2.75, 3.05) is 12.9 Å². The number of amides is 2. The zero-order chi connectivity index (χ0) is 22.9. The fourth-order valence-corrected chi connectivity index (χ4v) is 4.98. The van der Waals surface area contributed by atoms with E-state index < -0.39 is 6.04 Å². The molecule has 1 aliphatic carbocycles. The molecule has 1 fully saturated rings. The molecular weight excluding hydrogens is 444 g/mol. The third-order valence-corrected chi connectivity index (χ3v) is 6.96. The van der Waals surface area contributed by atoms with Crippen LogP contribution in [0.1, 0.15) is 43.7 Å². The minimum atomic E-state index is -0.555. The highest BCUT2D eigenvalue weighted by molar-refractivity contribution is 7.99. The monoisotopic (exact) mass is 474 g/mol. The summed E-state index contributed by atoms with van der Waals surface area (Å²) in [4.78, 5) is 27.8. The van der Waals surface area contributed by atoms with E-state index in [4.69, 9.17) is 16.3 Å². The third kappa shape index (κ3) is 7.17. The maximum Gasteiger partial charge on any atom is 0.242 e. The van der Waals surface area contributed by atoms with E-state index in [1.807, 2.05) is 55.5 Å². The van der Waals surface area contributed by atoms with Gasteiger partial charge in [0, 0.05) is 23.4 Å². The van der Waals surface area contributed by atoms with E-state index in [0.29, 0.717) is 17.3 Å². The van der Waals surface area contributed by atoms with Crippen LogP contribution in [0.15, 0.2) is 48.5 Å². The molecule has 1 atom stereocenters. The lowest BCUT2D eigenvalue weighted by molar-refractivity contribution is -0.138. The second kappa shape index (κ2) is 12.2. The normalized spacial score (nSPS) is 14.7. The minimum absolute atomic E-state index is 0.0612. The van der Waals surface area contributed by atoms with Gasteiger partial charge >= 0.3 is 0 Å². The number of nitrogens with one attached hydrogen (secondary N) is 1. The number of halogens is 1. The lowest BCUT2D eigenvalue weighted by atomic mass is 10.1. The summed E-state index contributed by atoms with van der Waals surface area (Å²) in [6.07, 6.45) is 4.31. The molecule has 2 amide bonds. The van der Waals surface area contributed by atoms with Crippen LogP contribution in [-0.2, 0) is 21.9 Å². The van der Waals surface area contributed by atoms with Crippen LogP contribution in [0.2, 0.25) is 5.02 Å². The molecule has 1 saturated carbocycles. The zero-order valence-corrected chi connectivity index (χ0v) is 20.3. The Morgan fingerprint density at radius 2 is 1.88 bits per heavy atom. The van der Waals surface area contributed by atoms with Gasteiger partial charge in [-0.2, -0.15) is 0 Å². The van der Waals surface area contributed by atoms with E-state index in [9.17, 15) is 9.59 Å². The average Bonchev–Trinajstić information content (AvgIpc) is 3.30. The van der Waals surface area contributed by atoms with E-state index in [1.165, 1.54) is 11.8 Å². The Kier molecular flexibility index (Phi) is 9.30. The summed E-state index contributed by atoms with van der Waals surface area (Å²) in [5.41, 5.74) is 2.00. The number of rotatable bonds is 10. The van der Waals surface area contributed by atoms with E-state index in [0.717, 1.165) is 42.6 Å². The Balaban J connectivity index is 1.67. The molecule has 3 rings (SSSR count). The molecule has 1 N–H and O–H groups in total. The predicted molar refractivity (Wildman–Crippen MR) is 131 cm³/mol. The highest BCUT2D eigenvalue weighted by atomic mass is 35.5. The molecule has 32 heavy (non-hydrogen) atoms. The van der Waals surface area contributed by atoms with Gasteiger partial charge in [0.25, 0.3) is 0 Å². The molecule has 0 bridgehead atoms. The summed E-state index contributed by atoms with van der Waals surface area (Å²) < 4.78 is 5.32. The van der Waals surface area contributed by atoms with Gasteiger partial charge in [0.2, 0.25) is 11.8 Å². The van der Waals surface area contributed by atoms with Crippen molar-refractivity contribution in [1.82, 2.24) is 10.2 Å². The fourth-order valence-electron chi connectivity index (χ4n) is 3.91. The van der Waals surface area contributed by atoms with Gasteiger partial charge in [-0.1, -0.05) is 48.7 Å². The van der Waals surface area contributed by atoms with Crippen LogP contribution in [0, 0.1) is 0 Å². The molecule has 0 aromatic heterocycles. The first-order valence-corrected chi connectivity index (χ1v) is 12.5.